The third-order valence-electron chi connectivity index (χ3n) is 6.75. The van der Waals surface area contributed by atoms with E-state index in [1.165, 1.54) is 17.2 Å². The van der Waals surface area contributed by atoms with Gasteiger partial charge in [0, 0.05) is 31.2 Å². The van der Waals surface area contributed by atoms with Crippen molar-refractivity contribution in [2.75, 3.05) is 39.3 Å². The molecule has 0 aliphatic carbocycles. The normalized spacial score (nSPS) is 18.2. The van der Waals surface area contributed by atoms with Gasteiger partial charge in [0.15, 0.2) is 5.78 Å². The van der Waals surface area contributed by atoms with Crippen LogP contribution in [0.2, 0.25) is 0 Å². The smallest absolute Gasteiger partial charge is 0.243 e. The molecule has 1 heterocycles. The number of carbonyl (C=O) groups excluding carboxylic acids is 1. The van der Waals surface area contributed by atoms with Crippen LogP contribution >= 0.6 is 0 Å². The molecule has 0 aromatic heterocycles. The number of carbonyl (C=O) groups is 1. The van der Waals surface area contributed by atoms with Gasteiger partial charge in [-0.3, -0.25) is 9.69 Å². The largest absolute Gasteiger partial charge is 0.308 e. The van der Waals surface area contributed by atoms with Crippen molar-refractivity contribution >= 4 is 15.8 Å². The lowest BCUT2D eigenvalue weighted by Gasteiger charge is -2.30. The van der Waals surface area contributed by atoms with Gasteiger partial charge in [0.1, 0.15) is 0 Å². The lowest BCUT2D eigenvalue weighted by atomic mass is 10.0. The van der Waals surface area contributed by atoms with Gasteiger partial charge in [-0.15, -0.1) is 0 Å². The average molecular weight is 486 g/mol. The summed E-state index contributed by atoms with van der Waals surface area (Å²) < 4.78 is 27.8. The molecule has 7 heteroatoms. The van der Waals surface area contributed by atoms with Gasteiger partial charge < -0.3 is 5.32 Å². The molecule has 3 rings (SSSR count). The summed E-state index contributed by atoms with van der Waals surface area (Å²) in [6.45, 7) is 12.2. The average Bonchev–Trinajstić information content (AvgIpc) is 2.84. The van der Waals surface area contributed by atoms with Crippen LogP contribution in [0.5, 0.6) is 0 Å². The highest BCUT2D eigenvalue weighted by Gasteiger charge is 2.29. The SMILES string of the molecule is CCN(CC)C(CNCC(=O)c1cccc(S(=O)(=O)N2CCCC(C)C2)c1)c1ccc(C)cc1. The minimum atomic E-state index is -3.59. The van der Waals surface area contributed by atoms with Crippen LogP contribution in [0.3, 0.4) is 0 Å². The second kappa shape index (κ2) is 12.1. The highest BCUT2D eigenvalue weighted by molar-refractivity contribution is 7.89. The van der Waals surface area contributed by atoms with E-state index in [2.05, 4.69) is 62.2 Å². The zero-order valence-electron chi connectivity index (χ0n) is 21.0. The van der Waals surface area contributed by atoms with Gasteiger partial charge in [-0.2, -0.15) is 4.31 Å². The lowest BCUT2D eigenvalue weighted by Crippen LogP contribution is -2.39. The molecular formula is C27H39N3O3S. The van der Waals surface area contributed by atoms with Crippen LogP contribution in [0.15, 0.2) is 53.4 Å². The first-order chi connectivity index (χ1) is 16.3. The van der Waals surface area contributed by atoms with Crippen LogP contribution in [-0.4, -0.2) is 62.7 Å². The van der Waals surface area contributed by atoms with Crippen molar-refractivity contribution < 1.29 is 13.2 Å². The molecule has 2 aromatic rings. The number of nitrogens with zero attached hydrogens (tertiary/aromatic N) is 2. The molecule has 34 heavy (non-hydrogen) atoms. The Morgan fingerprint density at radius 1 is 1.15 bits per heavy atom. The first kappa shape index (κ1) is 26.5. The first-order valence-corrected chi connectivity index (χ1v) is 13.8. The number of hydrogen-bond donors (Lipinski definition) is 1. The highest BCUT2D eigenvalue weighted by Crippen LogP contribution is 2.24. The molecule has 186 valence electrons. The maximum atomic E-state index is 13.1. The molecule has 0 bridgehead atoms. The topological polar surface area (TPSA) is 69.7 Å². The van der Waals surface area contributed by atoms with Crippen LogP contribution in [0.25, 0.3) is 0 Å². The second-order valence-corrected chi connectivity index (χ2v) is 11.3. The molecule has 0 amide bonds. The summed E-state index contributed by atoms with van der Waals surface area (Å²) in [6.07, 6.45) is 1.92. The predicted molar refractivity (Wildman–Crippen MR) is 138 cm³/mol. The van der Waals surface area contributed by atoms with Crippen LogP contribution in [0, 0.1) is 12.8 Å². The van der Waals surface area contributed by atoms with Gasteiger partial charge in [0.2, 0.25) is 10.0 Å². The summed E-state index contributed by atoms with van der Waals surface area (Å²) in [6, 6.07) is 15.2. The molecule has 0 spiro atoms. The fourth-order valence-corrected chi connectivity index (χ4v) is 6.32. The standard InChI is InChI=1S/C27H39N3O3S/c1-5-29(6-2)26(23-14-12-21(3)13-15-23)18-28-19-27(31)24-10-7-11-25(17-24)34(32,33)30-16-8-9-22(4)20-30/h7,10-15,17,22,26,28H,5-6,8-9,16,18-20H2,1-4H3. The Morgan fingerprint density at radius 3 is 2.50 bits per heavy atom. The number of aryl methyl sites for hydroxylation is 1. The number of piperidine rings is 1. The Morgan fingerprint density at radius 2 is 1.85 bits per heavy atom. The van der Waals surface area contributed by atoms with E-state index in [0.717, 1.165) is 25.9 Å². The fraction of sp³-hybridized carbons (Fsp3) is 0.519. The molecule has 1 aliphatic heterocycles. The van der Waals surface area contributed by atoms with Crippen molar-refractivity contribution in [1.29, 1.82) is 0 Å². The molecular weight excluding hydrogens is 446 g/mol. The van der Waals surface area contributed by atoms with E-state index < -0.39 is 10.0 Å². The van der Waals surface area contributed by atoms with Crippen molar-refractivity contribution in [2.45, 2.75) is 51.5 Å². The van der Waals surface area contributed by atoms with E-state index in [9.17, 15) is 13.2 Å². The molecule has 1 N–H and O–H groups in total. The van der Waals surface area contributed by atoms with E-state index in [4.69, 9.17) is 0 Å². The van der Waals surface area contributed by atoms with Gasteiger partial charge in [0.05, 0.1) is 11.4 Å². The van der Waals surface area contributed by atoms with E-state index in [1.54, 1.807) is 22.5 Å². The van der Waals surface area contributed by atoms with Gasteiger partial charge in [-0.05, 0) is 56.5 Å². The Labute approximate surface area is 205 Å². The maximum Gasteiger partial charge on any atom is 0.243 e. The fourth-order valence-electron chi connectivity index (χ4n) is 4.68. The molecule has 2 aromatic carbocycles. The van der Waals surface area contributed by atoms with Crippen molar-refractivity contribution in [3.63, 3.8) is 0 Å². The predicted octanol–water partition coefficient (Wildman–Crippen LogP) is 4.27. The molecule has 0 radical (unpaired) electrons. The van der Waals surface area contributed by atoms with Crippen molar-refractivity contribution in [3.8, 4) is 0 Å². The van der Waals surface area contributed by atoms with Crippen molar-refractivity contribution in [3.05, 3.63) is 65.2 Å². The monoisotopic (exact) mass is 485 g/mol. The van der Waals surface area contributed by atoms with Crippen LogP contribution < -0.4 is 5.32 Å². The summed E-state index contributed by atoms with van der Waals surface area (Å²) in [5, 5.41) is 3.32. The Bertz CT molecular complexity index is 1050. The summed E-state index contributed by atoms with van der Waals surface area (Å²) in [5.41, 5.74) is 2.87. The molecule has 1 saturated heterocycles. The maximum absolute atomic E-state index is 13.1. The molecule has 2 unspecified atom stereocenters. The molecule has 6 nitrogen and oxygen atoms in total. The zero-order valence-corrected chi connectivity index (χ0v) is 21.8. The number of rotatable bonds is 11. The zero-order chi connectivity index (χ0) is 24.7. The molecule has 1 fully saturated rings. The third-order valence-corrected chi connectivity index (χ3v) is 8.61. The highest BCUT2D eigenvalue weighted by atomic mass is 32.2. The number of likely N-dealkylation sites (N-methyl/N-ethyl adjacent to an activating group) is 1. The Hall–Kier alpha value is -2.06. The second-order valence-electron chi connectivity index (χ2n) is 9.34. The molecule has 1 aliphatic rings. The number of hydrogen-bond acceptors (Lipinski definition) is 5. The van der Waals surface area contributed by atoms with E-state index in [-0.39, 0.29) is 23.3 Å². The minimum Gasteiger partial charge on any atom is -0.308 e. The summed E-state index contributed by atoms with van der Waals surface area (Å²) in [5.74, 6) is 0.246. The van der Waals surface area contributed by atoms with Gasteiger partial charge >= 0.3 is 0 Å². The number of benzene rings is 2. The van der Waals surface area contributed by atoms with E-state index >= 15 is 0 Å². The van der Waals surface area contributed by atoms with Crippen LogP contribution in [0.1, 0.15) is 61.1 Å². The lowest BCUT2D eigenvalue weighted by molar-refractivity contribution is 0.0986. The van der Waals surface area contributed by atoms with Gasteiger partial charge in [-0.25, -0.2) is 8.42 Å². The first-order valence-electron chi connectivity index (χ1n) is 12.4. The Kier molecular flexibility index (Phi) is 9.42. The number of Topliss-reactive ketones (excluding diaryl/α,β-unsaturated/α-hetero) is 1. The van der Waals surface area contributed by atoms with Gasteiger partial charge in [-0.1, -0.05) is 62.7 Å². The summed E-state index contributed by atoms with van der Waals surface area (Å²) in [4.78, 5) is 15.5. The molecule has 0 saturated carbocycles. The quantitative estimate of drug-likeness (QED) is 0.482. The van der Waals surface area contributed by atoms with E-state index in [1.807, 2.05) is 0 Å². The molecule has 2 atom stereocenters. The number of nitrogens with one attached hydrogen (secondary N) is 1. The van der Waals surface area contributed by atoms with Crippen molar-refractivity contribution in [1.82, 2.24) is 14.5 Å². The Balaban J connectivity index is 1.67. The number of sulfonamides is 1. The van der Waals surface area contributed by atoms with Crippen LogP contribution in [0.4, 0.5) is 0 Å². The van der Waals surface area contributed by atoms with Crippen LogP contribution in [-0.2, 0) is 10.0 Å². The summed E-state index contributed by atoms with van der Waals surface area (Å²) in [7, 11) is -3.59. The van der Waals surface area contributed by atoms with E-state index in [0.29, 0.717) is 31.1 Å². The number of ketones is 1. The van der Waals surface area contributed by atoms with Crippen molar-refractivity contribution in [2.24, 2.45) is 5.92 Å². The third kappa shape index (κ3) is 6.54. The minimum absolute atomic E-state index is 0.105. The van der Waals surface area contributed by atoms with Gasteiger partial charge in [0.25, 0.3) is 0 Å². The summed E-state index contributed by atoms with van der Waals surface area (Å²) >= 11 is 0.